The number of anilines is 4. The van der Waals surface area contributed by atoms with Crippen molar-refractivity contribution in [2.24, 2.45) is 5.92 Å². The Labute approximate surface area is 196 Å². The Hall–Kier alpha value is -2.87. The number of aromatic nitrogens is 2. The summed E-state index contributed by atoms with van der Waals surface area (Å²) >= 11 is 0. The summed E-state index contributed by atoms with van der Waals surface area (Å²) in [7, 11) is 0. The molecule has 33 heavy (non-hydrogen) atoms. The molecule has 4 rings (SSSR count). The van der Waals surface area contributed by atoms with Crippen LogP contribution in [0.5, 0.6) is 0 Å². The van der Waals surface area contributed by atoms with Crippen LogP contribution in [0.1, 0.15) is 32.4 Å². The molecule has 2 aliphatic heterocycles. The third-order valence-corrected chi connectivity index (χ3v) is 6.49. The number of aryl methyl sites for hydroxylation is 1. The second-order valence-corrected chi connectivity index (χ2v) is 8.76. The minimum Gasteiger partial charge on any atom is -0.378 e. The molecular weight excluding hydrogens is 416 g/mol. The lowest BCUT2D eigenvalue weighted by atomic mass is 9.96. The molecule has 1 atom stereocenters. The topological polar surface area (TPSA) is 73.8 Å². The zero-order chi connectivity index (χ0) is 23.2. The molecule has 1 N–H and O–H groups in total. The second-order valence-electron chi connectivity index (χ2n) is 8.76. The third kappa shape index (κ3) is 5.74. The number of amides is 1. The number of carbonyl (C=O) groups is 1. The predicted molar refractivity (Wildman–Crippen MR) is 132 cm³/mol. The van der Waals surface area contributed by atoms with Gasteiger partial charge in [0.05, 0.1) is 19.1 Å². The molecular formula is C25H36N6O2. The van der Waals surface area contributed by atoms with Crippen molar-refractivity contribution < 1.29 is 9.53 Å². The van der Waals surface area contributed by atoms with Gasteiger partial charge < -0.3 is 24.8 Å². The number of nitrogens with zero attached hydrogens (tertiary/aromatic N) is 5. The third-order valence-electron chi connectivity index (χ3n) is 6.49. The van der Waals surface area contributed by atoms with E-state index in [1.165, 1.54) is 5.69 Å². The van der Waals surface area contributed by atoms with Gasteiger partial charge in [0, 0.05) is 62.4 Å². The van der Waals surface area contributed by atoms with Gasteiger partial charge in [-0.2, -0.15) is 4.98 Å². The van der Waals surface area contributed by atoms with Crippen molar-refractivity contribution in [2.45, 2.75) is 33.6 Å². The molecule has 0 bridgehead atoms. The number of rotatable bonds is 7. The standard InChI is InChI=1S/C25H36N6O2/c1-4-29(5-2)24(32)20-7-6-12-31(18-20)25-26-19(3)17-23(28-25)27-21-8-10-22(11-9-21)30-13-15-33-16-14-30/h8-11,17,20H,4-7,12-16,18H2,1-3H3,(H,26,27,28). The van der Waals surface area contributed by atoms with Crippen LogP contribution in [0.15, 0.2) is 30.3 Å². The van der Waals surface area contributed by atoms with Gasteiger partial charge in [-0.05, 0) is 57.9 Å². The molecule has 178 valence electrons. The molecule has 0 aliphatic carbocycles. The summed E-state index contributed by atoms with van der Waals surface area (Å²) in [6.07, 6.45) is 1.90. The lowest BCUT2D eigenvalue weighted by Gasteiger charge is -2.34. The Morgan fingerprint density at radius 3 is 2.52 bits per heavy atom. The summed E-state index contributed by atoms with van der Waals surface area (Å²) in [5.74, 6) is 1.72. The smallest absolute Gasteiger partial charge is 0.227 e. The first-order chi connectivity index (χ1) is 16.1. The maximum atomic E-state index is 12.9. The van der Waals surface area contributed by atoms with Gasteiger partial charge in [0.1, 0.15) is 5.82 Å². The Balaban J connectivity index is 1.44. The highest BCUT2D eigenvalue weighted by molar-refractivity contribution is 5.79. The molecule has 2 aliphatic rings. The van der Waals surface area contributed by atoms with E-state index in [1.807, 2.05) is 31.7 Å². The molecule has 8 heteroatoms. The lowest BCUT2D eigenvalue weighted by Crippen LogP contribution is -2.45. The number of morpholine rings is 1. The fourth-order valence-corrected chi connectivity index (χ4v) is 4.64. The zero-order valence-electron chi connectivity index (χ0n) is 20.1. The fraction of sp³-hybridized carbons (Fsp3) is 0.560. The van der Waals surface area contributed by atoms with Crippen LogP contribution in [-0.4, -0.2) is 73.3 Å². The highest BCUT2D eigenvalue weighted by Gasteiger charge is 2.29. The van der Waals surface area contributed by atoms with Crippen LogP contribution >= 0.6 is 0 Å². The molecule has 8 nitrogen and oxygen atoms in total. The molecule has 1 amide bonds. The number of ether oxygens (including phenoxy) is 1. The maximum Gasteiger partial charge on any atom is 0.227 e. The highest BCUT2D eigenvalue weighted by Crippen LogP contribution is 2.26. The minimum atomic E-state index is 0.00639. The minimum absolute atomic E-state index is 0.00639. The zero-order valence-corrected chi connectivity index (χ0v) is 20.1. The van der Waals surface area contributed by atoms with E-state index in [1.54, 1.807) is 0 Å². The summed E-state index contributed by atoms with van der Waals surface area (Å²) in [6, 6.07) is 10.4. The van der Waals surface area contributed by atoms with Crippen molar-refractivity contribution in [3.63, 3.8) is 0 Å². The van der Waals surface area contributed by atoms with Gasteiger partial charge in [-0.3, -0.25) is 4.79 Å². The molecule has 1 aromatic heterocycles. The van der Waals surface area contributed by atoms with Crippen molar-refractivity contribution >= 4 is 29.0 Å². The Bertz CT molecular complexity index is 925. The van der Waals surface area contributed by atoms with Gasteiger partial charge in [-0.25, -0.2) is 4.98 Å². The maximum absolute atomic E-state index is 12.9. The van der Waals surface area contributed by atoms with Gasteiger partial charge in [0.15, 0.2) is 0 Å². The van der Waals surface area contributed by atoms with Gasteiger partial charge in [0.2, 0.25) is 11.9 Å². The molecule has 0 saturated carbocycles. The monoisotopic (exact) mass is 452 g/mol. The van der Waals surface area contributed by atoms with E-state index in [-0.39, 0.29) is 11.8 Å². The van der Waals surface area contributed by atoms with Crippen molar-refractivity contribution in [1.29, 1.82) is 0 Å². The van der Waals surface area contributed by atoms with Crippen molar-refractivity contribution in [1.82, 2.24) is 14.9 Å². The van der Waals surface area contributed by atoms with E-state index in [0.717, 1.165) is 76.0 Å². The van der Waals surface area contributed by atoms with E-state index in [9.17, 15) is 4.79 Å². The second kappa shape index (κ2) is 10.8. The molecule has 3 heterocycles. The fourth-order valence-electron chi connectivity index (χ4n) is 4.64. The Morgan fingerprint density at radius 1 is 1.09 bits per heavy atom. The number of carbonyl (C=O) groups excluding carboxylic acids is 1. The summed E-state index contributed by atoms with van der Waals surface area (Å²) < 4.78 is 5.45. The van der Waals surface area contributed by atoms with Crippen LogP contribution in [0.3, 0.4) is 0 Å². The van der Waals surface area contributed by atoms with Crippen LogP contribution in [-0.2, 0) is 9.53 Å². The van der Waals surface area contributed by atoms with E-state index in [0.29, 0.717) is 12.5 Å². The van der Waals surface area contributed by atoms with Crippen LogP contribution in [0.2, 0.25) is 0 Å². The van der Waals surface area contributed by atoms with Gasteiger partial charge >= 0.3 is 0 Å². The molecule has 0 spiro atoms. The van der Waals surface area contributed by atoms with Crippen LogP contribution in [0.4, 0.5) is 23.1 Å². The summed E-state index contributed by atoms with van der Waals surface area (Å²) in [6.45, 7) is 12.5. The molecule has 2 aromatic rings. The van der Waals surface area contributed by atoms with Crippen molar-refractivity contribution in [2.75, 3.05) is 67.6 Å². The van der Waals surface area contributed by atoms with Crippen molar-refractivity contribution in [3.8, 4) is 0 Å². The van der Waals surface area contributed by atoms with Gasteiger partial charge in [0.25, 0.3) is 0 Å². The lowest BCUT2D eigenvalue weighted by molar-refractivity contribution is -0.135. The number of benzene rings is 1. The van der Waals surface area contributed by atoms with E-state index >= 15 is 0 Å². The average molecular weight is 453 g/mol. The Morgan fingerprint density at radius 2 is 1.82 bits per heavy atom. The number of piperidine rings is 1. The van der Waals surface area contributed by atoms with Crippen molar-refractivity contribution in [3.05, 3.63) is 36.0 Å². The van der Waals surface area contributed by atoms with Gasteiger partial charge in [-0.15, -0.1) is 0 Å². The average Bonchev–Trinajstić information content (AvgIpc) is 2.85. The van der Waals surface area contributed by atoms with Crippen LogP contribution in [0.25, 0.3) is 0 Å². The Kier molecular flexibility index (Phi) is 7.65. The van der Waals surface area contributed by atoms with E-state index in [4.69, 9.17) is 9.72 Å². The molecule has 0 radical (unpaired) electrons. The number of hydrogen-bond acceptors (Lipinski definition) is 7. The number of hydrogen-bond donors (Lipinski definition) is 1. The normalized spacial score (nSPS) is 18.8. The van der Waals surface area contributed by atoms with Crippen LogP contribution in [0, 0.1) is 12.8 Å². The molecule has 2 saturated heterocycles. The van der Waals surface area contributed by atoms with E-state index in [2.05, 4.69) is 44.4 Å². The summed E-state index contributed by atoms with van der Waals surface area (Å²) in [5, 5.41) is 3.43. The van der Waals surface area contributed by atoms with Crippen LogP contribution < -0.4 is 15.1 Å². The summed E-state index contributed by atoms with van der Waals surface area (Å²) in [5.41, 5.74) is 3.11. The quantitative estimate of drug-likeness (QED) is 0.690. The van der Waals surface area contributed by atoms with Gasteiger partial charge in [-0.1, -0.05) is 0 Å². The molecule has 2 fully saturated rings. The highest BCUT2D eigenvalue weighted by atomic mass is 16.5. The molecule has 1 aromatic carbocycles. The molecule has 1 unspecified atom stereocenters. The first-order valence-corrected chi connectivity index (χ1v) is 12.2. The summed E-state index contributed by atoms with van der Waals surface area (Å²) in [4.78, 5) is 28.8. The largest absolute Gasteiger partial charge is 0.378 e. The first kappa shape index (κ1) is 23.3. The SMILES string of the molecule is CCN(CC)C(=O)C1CCCN(c2nc(C)cc(Nc3ccc(N4CCOCC4)cc3)n2)C1. The first-order valence-electron chi connectivity index (χ1n) is 12.2. The number of nitrogens with one attached hydrogen (secondary N) is 1. The van der Waals surface area contributed by atoms with E-state index < -0.39 is 0 Å². The predicted octanol–water partition coefficient (Wildman–Crippen LogP) is 3.45.